The molecule has 0 bridgehead atoms. The summed E-state index contributed by atoms with van der Waals surface area (Å²) >= 11 is 0. The first-order valence-electron chi connectivity index (χ1n) is 6.24. The monoisotopic (exact) mass is 226 g/mol. The third-order valence-corrected chi connectivity index (χ3v) is 3.29. The van der Waals surface area contributed by atoms with Gasteiger partial charge in [-0.2, -0.15) is 0 Å². The normalized spacial score (nSPS) is 26.2. The van der Waals surface area contributed by atoms with Crippen molar-refractivity contribution < 1.29 is 4.79 Å². The number of likely N-dealkylation sites (tertiary alicyclic amines) is 1. The number of hydrogen-bond donors (Lipinski definition) is 1. The zero-order chi connectivity index (χ0) is 12.4. The number of likely N-dealkylation sites (N-methyl/N-ethyl adjacent to an activating group) is 1. The molecule has 0 aromatic heterocycles. The molecular formula is C13H26N2O. The molecule has 1 heterocycles. The Morgan fingerprint density at radius 2 is 2.06 bits per heavy atom. The summed E-state index contributed by atoms with van der Waals surface area (Å²) in [6.45, 7) is 10.4. The van der Waals surface area contributed by atoms with Crippen LogP contribution < -0.4 is 5.32 Å². The van der Waals surface area contributed by atoms with Crippen molar-refractivity contribution >= 4 is 5.91 Å². The van der Waals surface area contributed by atoms with Crippen LogP contribution in [0.1, 0.15) is 47.0 Å². The van der Waals surface area contributed by atoms with Gasteiger partial charge in [-0.05, 0) is 32.2 Å². The number of carbonyl (C=O) groups is 1. The largest absolute Gasteiger partial charge is 0.336 e. The highest BCUT2D eigenvalue weighted by Gasteiger charge is 2.39. The lowest BCUT2D eigenvalue weighted by molar-refractivity contribution is -0.136. The number of hydrogen-bond acceptors (Lipinski definition) is 2. The molecule has 1 amide bonds. The quantitative estimate of drug-likeness (QED) is 0.798. The van der Waals surface area contributed by atoms with E-state index in [0.29, 0.717) is 12.3 Å². The van der Waals surface area contributed by atoms with Gasteiger partial charge < -0.3 is 10.2 Å². The summed E-state index contributed by atoms with van der Waals surface area (Å²) in [7, 11) is 1.95. The average Bonchev–Trinajstić information content (AvgIpc) is 2.44. The minimum atomic E-state index is 0.0249. The van der Waals surface area contributed by atoms with Gasteiger partial charge in [-0.3, -0.25) is 4.79 Å². The lowest BCUT2D eigenvalue weighted by Gasteiger charge is -2.36. The summed E-state index contributed by atoms with van der Waals surface area (Å²) in [5.74, 6) is 0.308. The van der Waals surface area contributed by atoms with E-state index in [1.165, 1.54) is 0 Å². The fourth-order valence-corrected chi connectivity index (χ4v) is 2.56. The lowest BCUT2D eigenvalue weighted by Crippen LogP contribution is -2.51. The van der Waals surface area contributed by atoms with Crippen LogP contribution in [0.4, 0.5) is 0 Å². The summed E-state index contributed by atoms with van der Waals surface area (Å²) in [6, 6.07) is 0. The Balaban J connectivity index is 2.68. The number of rotatable bonds is 3. The topological polar surface area (TPSA) is 32.3 Å². The molecule has 1 aliphatic rings. The first kappa shape index (κ1) is 13.5. The van der Waals surface area contributed by atoms with E-state index in [9.17, 15) is 4.79 Å². The van der Waals surface area contributed by atoms with Gasteiger partial charge in [0.15, 0.2) is 0 Å². The van der Waals surface area contributed by atoms with E-state index >= 15 is 0 Å². The molecule has 16 heavy (non-hydrogen) atoms. The van der Waals surface area contributed by atoms with Crippen LogP contribution in [0.5, 0.6) is 0 Å². The molecule has 1 aliphatic heterocycles. The third kappa shape index (κ3) is 3.21. The van der Waals surface area contributed by atoms with E-state index in [-0.39, 0.29) is 11.0 Å². The van der Waals surface area contributed by atoms with Crippen molar-refractivity contribution in [2.24, 2.45) is 5.41 Å². The van der Waals surface area contributed by atoms with Crippen LogP contribution in [-0.2, 0) is 4.79 Å². The average molecular weight is 226 g/mol. The van der Waals surface area contributed by atoms with Gasteiger partial charge in [-0.25, -0.2) is 0 Å². The minimum absolute atomic E-state index is 0.0249. The second kappa shape index (κ2) is 4.74. The van der Waals surface area contributed by atoms with E-state index in [1.54, 1.807) is 0 Å². The van der Waals surface area contributed by atoms with Crippen LogP contribution in [0.2, 0.25) is 0 Å². The van der Waals surface area contributed by atoms with Gasteiger partial charge in [0, 0.05) is 19.5 Å². The second-order valence-corrected chi connectivity index (χ2v) is 6.41. The Bertz CT molecular complexity index is 257. The molecule has 1 N–H and O–H groups in total. The maximum Gasteiger partial charge on any atom is 0.223 e. The van der Waals surface area contributed by atoms with Crippen LogP contribution in [0.15, 0.2) is 0 Å². The lowest BCUT2D eigenvalue weighted by atomic mass is 9.90. The highest BCUT2D eigenvalue weighted by atomic mass is 16.2. The van der Waals surface area contributed by atoms with Crippen LogP contribution in [0, 0.1) is 5.41 Å². The first-order chi connectivity index (χ1) is 7.28. The number of nitrogens with one attached hydrogen (secondary N) is 1. The molecule has 0 aromatic rings. The predicted molar refractivity (Wildman–Crippen MR) is 67.4 cm³/mol. The van der Waals surface area contributed by atoms with Crippen LogP contribution >= 0.6 is 0 Å². The number of amides is 1. The van der Waals surface area contributed by atoms with Crippen molar-refractivity contribution in [3.05, 3.63) is 0 Å². The molecule has 1 rings (SSSR count). The number of carbonyl (C=O) groups excluding carboxylic acids is 1. The Morgan fingerprint density at radius 3 is 2.56 bits per heavy atom. The molecule has 3 heteroatoms. The van der Waals surface area contributed by atoms with E-state index in [0.717, 1.165) is 25.9 Å². The summed E-state index contributed by atoms with van der Waals surface area (Å²) in [5.41, 5.74) is 0.108. The molecule has 1 atom stereocenters. The van der Waals surface area contributed by atoms with Gasteiger partial charge >= 0.3 is 0 Å². The molecule has 1 saturated heterocycles. The summed E-state index contributed by atoms with van der Waals surface area (Å²) in [5, 5.41) is 3.20. The Morgan fingerprint density at radius 1 is 1.44 bits per heavy atom. The molecule has 0 spiro atoms. The predicted octanol–water partition coefficient (Wildman–Crippen LogP) is 2.02. The van der Waals surface area contributed by atoms with Gasteiger partial charge in [0.05, 0.1) is 5.54 Å². The standard InChI is InChI=1S/C13H26N2O/c1-12(2,3)9-11(16)15-8-6-7-13(15,4)10-14-5/h14H,6-10H2,1-5H3. The van der Waals surface area contributed by atoms with Gasteiger partial charge in [-0.1, -0.05) is 20.8 Å². The van der Waals surface area contributed by atoms with Crippen molar-refractivity contribution in [2.45, 2.75) is 52.5 Å². The SMILES string of the molecule is CNCC1(C)CCCN1C(=O)CC(C)(C)C. The molecule has 0 saturated carbocycles. The van der Waals surface area contributed by atoms with Crippen molar-refractivity contribution in [3.63, 3.8) is 0 Å². The molecule has 3 nitrogen and oxygen atoms in total. The van der Waals surface area contributed by atoms with Crippen molar-refractivity contribution in [1.82, 2.24) is 10.2 Å². The molecule has 0 aromatic carbocycles. The second-order valence-electron chi connectivity index (χ2n) is 6.41. The zero-order valence-electron chi connectivity index (χ0n) is 11.4. The van der Waals surface area contributed by atoms with Crippen LogP contribution in [0.3, 0.4) is 0 Å². The molecule has 94 valence electrons. The molecule has 1 fully saturated rings. The van der Waals surface area contributed by atoms with Crippen LogP contribution in [0.25, 0.3) is 0 Å². The van der Waals surface area contributed by atoms with E-state index in [1.807, 2.05) is 7.05 Å². The van der Waals surface area contributed by atoms with Gasteiger partial charge in [-0.15, -0.1) is 0 Å². The Kier molecular flexibility index (Phi) is 4.00. The zero-order valence-corrected chi connectivity index (χ0v) is 11.4. The maximum atomic E-state index is 12.2. The summed E-state index contributed by atoms with van der Waals surface area (Å²) in [6.07, 6.45) is 2.89. The molecule has 0 radical (unpaired) electrons. The Hall–Kier alpha value is -0.570. The van der Waals surface area contributed by atoms with E-state index in [2.05, 4.69) is 37.9 Å². The van der Waals surface area contributed by atoms with Crippen molar-refractivity contribution in [1.29, 1.82) is 0 Å². The fourth-order valence-electron chi connectivity index (χ4n) is 2.56. The Labute approximate surface area is 99.6 Å². The summed E-state index contributed by atoms with van der Waals surface area (Å²) in [4.78, 5) is 14.3. The highest BCUT2D eigenvalue weighted by molar-refractivity contribution is 5.78. The molecular weight excluding hydrogens is 200 g/mol. The third-order valence-electron chi connectivity index (χ3n) is 3.29. The van der Waals surface area contributed by atoms with Crippen LogP contribution in [-0.4, -0.2) is 36.5 Å². The first-order valence-corrected chi connectivity index (χ1v) is 6.24. The number of nitrogens with zero attached hydrogens (tertiary/aromatic N) is 1. The van der Waals surface area contributed by atoms with Crippen molar-refractivity contribution in [3.8, 4) is 0 Å². The van der Waals surface area contributed by atoms with E-state index < -0.39 is 0 Å². The van der Waals surface area contributed by atoms with Gasteiger partial charge in [0.1, 0.15) is 0 Å². The fraction of sp³-hybridized carbons (Fsp3) is 0.923. The van der Waals surface area contributed by atoms with Gasteiger partial charge in [0.25, 0.3) is 0 Å². The maximum absolute atomic E-state index is 12.2. The highest BCUT2D eigenvalue weighted by Crippen LogP contribution is 2.31. The smallest absolute Gasteiger partial charge is 0.223 e. The molecule has 0 aliphatic carbocycles. The van der Waals surface area contributed by atoms with E-state index in [4.69, 9.17) is 0 Å². The summed E-state index contributed by atoms with van der Waals surface area (Å²) < 4.78 is 0. The van der Waals surface area contributed by atoms with Crippen molar-refractivity contribution in [2.75, 3.05) is 20.1 Å². The molecule has 1 unspecified atom stereocenters. The minimum Gasteiger partial charge on any atom is -0.336 e. The van der Waals surface area contributed by atoms with Gasteiger partial charge in [0.2, 0.25) is 5.91 Å².